The fourth-order valence-electron chi connectivity index (χ4n) is 2.31. The van der Waals surface area contributed by atoms with Crippen LogP contribution in [0.2, 0.25) is 0 Å². The van der Waals surface area contributed by atoms with Gasteiger partial charge in [0.25, 0.3) is 5.91 Å². The molecule has 0 bridgehead atoms. The average Bonchev–Trinajstić information content (AvgIpc) is 2.51. The zero-order chi connectivity index (χ0) is 15.2. The number of fused-ring (bicyclic) bond motifs is 1. The summed E-state index contributed by atoms with van der Waals surface area (Å²) in [5, 5.41) is 9.42. The van der Waals surface area contributed by atoms with Gasteiger partial charge in [0.1, 0.15) is 0 Å². The molecule has 0 fully saturated rings. The molecule has 5 nitrogen and oxygen atoms in total. The molecule has 5 heteroatoms. The number of rotatable bonds is 7. The summed E-state index contributed by atoms with van der Waals surface area (Å²) in [6, 6.07) is 3.59. The number of benzene rings is 1. The largest absolute Gasteiger partial charge is 0.490 e. The van der Waals surface area contributed by atoms with E-state index < -0.39 is 0 Å². The van der Waals surface area contributed by atoms with E-state index in [-0.39, 0.29) is 19.1 Å². The summed E-state index contributed by atoms with van der Waals surface area (Å²) in [4.78, 5) is 13.8. The summed E-state index contributed by atoms with van der Waals surface area (Å²) >= 11 is 0. The number of amides is 1. The second-order valence-corrected chi connectivity index (χ2v) is 5.14. The number of hydrogen-bond acceptors (Lipinski definition) is 4. The zero-order valence-corrected chi connectivity index (χ0v) is 12.7. The molecule has 1 aliphatic heterocycles. The Morgan fingerprint density at radius 2 is 2.14 bits per heavy atom. The Morgan fingerprint density at radius 3 is 2.81 bits per heavy atom. The molecular formula is C16H23NO4. The van der Waals surface area contributed by atoms with Gasteiger partial charge in [0.2, 0.25) is 0 Å². The third-order valence-electron chi connectivity index (χ3n) is 3.41. The Bertz CT molecular complexity index is 501. The lowest BCUT2D eigenvalue weighted by Crippen LogP contribution is -2.39. The van der Waals surface area contributed by atoms with E-state index in [4.69, 9.17) is 9.47 Å². The molecule has 0 saturated carbocycles. The Kier molecular flexibility index (Phi) is 5.44. The normalized spacial score (nSPS) is 13.9. The molecular weight excluding hydrogens is 270 g/mol. The molecule has 0 saturated heterocycles. The van der Waals surface area contributed by atoms with Gasteiger partial charge in [-0.1, -0.05) is 20.3 Å². The van der Waals surface area contributed by atoms with Crippen molar-refractivity contribution in [3.05, 3.63) is 17.7 Å². The van der Waals surface area contributed by atoms with Gasteiger partial charge in [-0.15, -0.1) is 0 Å². The lowest BCUT2D eigenvalue weighted by molar-refractivity contribution is -0.121. The number of hydrogen-bond donors (Lipinski definition) is 1. The quantitative estimate of drug-likeness (QED) is 0.839. The Balaban J connectivity index is 2.39. The maximum Gasteiger partial charge on any atom is 0.265 e. The van der Waals surface area contributed by atoms with E-state index in [2.05, 4.69) is 6.92 Å². The highest BCUT2D eigenvalue weighted by Crippen LogP contribution is 2.41. The van der Waals surface area contributed by atoms with Crippen LogP contribution in [0.1, 0.15) is 38.7 Å². The smallest absolute Gasteiger partial charge is 0.265 e. The Labute approximate surface area is 125 Å². The van der Waals surface area contributed by atoms with E-state index in [9.17, 15) is 9.90 Å². The third-order valence-corrected chi connectivity index (χ3v) is 3.41. The van der Waals surface area contributed by atoms with Gasteiger partial charge in [-0.3, -0.25) is 4.79 Å². The van der Waals surface area contributed by atoms with Crippen LogP contribution in [0.15, 0.2) is 12.1 Å². The van der Waals surface area contributed by atoms with Crippen LogP contribution in [-0.4, -0.2) is 30.8 Å². The number of aliphatic hydroxyl groups excluding tert-OH is 1. The van der Waals surface area contributed by atoms with Gasteiger partial charge in [-0.25, -0.2) is 0 Å². The highest BCUT2D eigenvalue weighted by Gasteiger charge is 2.28. The fraction of sp³-hybridized carbons (Fsp3) is 0.562. The second kappa shape index (κ2) is 7.31. The predicted molar refractivity (Wildman–Crippen MR) is 80.9 cm³/mol. The molecule has 1 heterocycles. The maximum atomic E-state index is 12.1. The van der Waals surface area contributed by atoms with Gasteiger partial charge in [-0.2, -0.15) is 0 Å². The van der Waals surface area contributed by atoms with Crippen molar-refractivity contribution < 1.29 is 19.4 Å². The fourth-order valence-corrected chi connectivity index (χ4v) is 2.31. The van der Waals surface area contributed by atoms with E-state index in [0.717, 1.165) is 24.8 Å². The van der Waals surface area contributed by atoms with Gasteiger partial charge in [0.05, 0.1) is 18.9 Å². The summed E-state index contributed by atoms with van der Waals surface area (Å²) in [5.74, 6) is 1.16. The molecule has 1 amide bonds. The number of carbonyl (C=O) groups excluding carboxylic acids is 1. The average molecular weight is 293 g/mol. The molecule has 2 rings (SSSR count). The number of carbonyl (C=O) groups is 1. The summed E-state index contributed by atoms with van der Waals surface area (Å²) in [6.45, 7) is 5.30. The molecule has 0 unspecified atom stereocenters. The lowest BCUT2D eigenvalue weighted by Gasteiger charge is -2.31. The molecule has 21 heavy (non-hydrogen) atoms. The SMILES string of the molecule is CCCCN1C(=O)COc2c(OCCC)cc(CO)cc21. The van der Waals surface area contributed by atoms with Crippen molar-refractivity contribution in [1.29, 1.82) is 0 Å². The minimum Gasteiger partial charge on any atom is -0.490 e. The number of aliphatic hydroxyl groups is 1. The van der Waals surface area contributed by atoms with E-state index in [0.29, 0.717) is 30.3 Å². The monoisotopic (exact) mass is 293 g/mol. The van der Waals surface area contributed by atoms with Crippen molar-refractivity contribution in [2.45, 2.75) is 39.7 Å². The first kappa shape index (κ1) is 15.6. The molecule has 1 aromatic rings. The van der Waals surface area contributed by atoms with Gasteiger partial charge >= 0.3 is 0 Å². The van der Waals surface area contributed by atoms with Crippen LogP contribution >= 0.6 is 0 Å². The van der Waals surface area contributed by atoms with Crippen LogP contribution < -0.4 is 14.4 Å². The van der Waals surface area contributed by atoms with Crippen molar-refractivity contribution in [2.75, 3.05) is 24.7 Å². The first-order valence-electron chi connectivity index (χ1n) is 7.55. The number of unbranched alkanes of at least 4 members (excludes halogenated alkanes) is 1. The minimum absolute atomic E-state index is 0.0394. The summed E-state index contributed by atoms with van der Waals surface area (Å²) < 4.78 is 11.3. The van der Waals surface area contributed by atoms with Crippen molar-refractivity contribution >= 4 is 11.6 Å². The van der Waals surface area contributed by atoms with E-state index in [1.807, 2.05) is 6.92 Å². The number of anilines is 1. The zero-order valence-electron chi connectivity index (χ0n) is 12.7. The van der Waals surface area contributed by atoms with Gasteiger partial charge < -0.3 is 19.5 Å². The summed E-state index contributed by atoms with van der Waals surface area (Å²) in [5.41, 5.74) is 1.43. The Hall–Kier alpha value is -1.75. The molecule has 1 aromatic carbocycles. The topological polar surface area (TPSA) is 59.0 Å². The van der Waals surface area contributed by atoms with Crippen molar-refractivity contribution in [3.63, 3.8) is 0 Å². The summed E-state index contributed by atoms with van der Waals surface area (Å²) in [7, 11) is 0. The molecule has 0 radical (unpaired) electrons. The van der Waals surface area contributed by atoms with Crippen molar-refractivity contribution in [1.82, 2.24) is 0 Å². The molecule has 0 aliphatic carbocycles. The lowest BCUT2D eigenvalue weighted by atomic mass is 10.1. The molecule has 0 spiro atoms. The van der Waals surface area contributed by atoms with Crippen molar-refractivity contribution in [2.24, 2.45) is 0 Å². The van der Waals surface area contributed by atoms with Gasteiger partial charge in [-0.05, 0) is 30.5 Å². The standard InChI is InChI=1S/C16H23NO4/c1-3-5-6-17-13-8-12(10-18)9-14(20-7-4-2)16(13)21-11-15(17)19/h8-9,18H,3-7,10-11H2,1-2H3. The highest BCUT2D eigenvalue weighted by atomic mass is 16.5. The minimum atomic E-state index is -0.0917. The van der Waals surface area contributed by atoms with E-state index >= 15 is 0 Å². The van der Waals surface area contributed by atoms with Crippen LogP contribution in [0.25, 0.3) is 0 Å². The van der Waals surface area contributed by atoms with Crippen LogP contribution in [0.5, 0.6) is 11.5 Å². The van der Waals surface area contributed by atoms with Crippen LogP contribution in [0.4, 0.5) is 5.69 Å². The predicted octanol–water partition coefficient (Wildman–Crippen LogP) is 2.49. The Morgan fingerprint density at radius 1 is 1.33 bits per heavy atom. The molecule has 116 valence electrons. The summed E-state index contributed by atoms with van der Waals surface area (Å²) in [6.07, 6.45) is 2.83. The number of nitrogens with zero attached hydrogens (tertiary/aromatic N) is 1. The van der Waals surface area contributed by atoms with Gasteiger partial charge in [0, 0.05) is 6.54 Å². The maximum absolute atomic E-state index is 12.1. The highest BCUT2D eigenvalue weighted by molar-refractivity contribution is 5.98. The van der Waals surface area contributed by atoms with Crippen LogP contribution in [-0.2, 0) is 11.4 Å². The molecule has 1 aliphatic rings. The van der Waals surface area contributed by atoms with Gasteiger partial charge in [0.15, 0.2) is 18.1 Å². The van der Waals surface area contributed by atoms with Crippen LogP contribution in [0, 0.1) is 0 Å². The molecule has 0 atom stereocenters. The first-order valence-corrected chi connectivity index (χ1v) is 7.55. The van der Waals surface area contributed by atoms with E-state index in [1.165, 1.54) is 0 Å². The first-order chi connectivity index (χ1) is 10.2. The second-order valence-electron chi connectivity index (χ2n) is 5.14. The van der Waals surface area contributed by atoms with Crippen LogP contribution in [0.3, 0.4) is 0 Å². The van der Waals surface area contributed by atoms with Crippen molar-refractivity contribution in [3.8, 4) is 11.5 Å². The third kappa shape index (κ3) is 3.47. The molecule has 1 N–H and O–H groups in total. The number of ether oxygens (including phenoxy) is 2. The van der Waals surface area contributed by atoms with E-state index in [1.54, 1.807) is 17.0 Å². The molecule has 0 aromatic heterocycles.